The zero-order valence-corrected chi connectivity index (χ0v) is 15.4. The van der Waals surface area contributed by atoms with E-state index in [0.717, 1.165) is 29.5 Å². The highest BCUT2D eigenvalue weighted by atomic mass is 35.5. The minimum absolute atomic E-state index is 0.0551. The summed E-state index contributed by atoms with van der Waals surface area (Å²) in [7, 11) is 0. The molecule has 1 fully saturated rings. The largest absolute Gasteiger partial charge is 0.490 e. The topological polar surface area (TPSA) is 64.5 Å². The molecule has 134 valence electrons. The number of carbonyl (C=O) groups is 1. The second-order valence-corrected chi connectivity index (χ2v) is 7.49. The van der Waals surface area contributed by atoms with Crippen molar-refractivity contribution in [3.8, 4) is 5.75 Å². The highest BCUT2D eigenvalue weighted by Gasteiger charge is 2.27. The number of nitrogens with zero attached hydrogens (tertiary/aromatic N) is 3. The van der Waals surface area contributed by atoms with Gasteiger partial charge in [0.05, 0.1) is 5.52 Å². The van der Waals surface area contributed by atoms with Crippen LogP contribution in [0.15, 0.2) is 24.5 Å². The third-order valence-electron chi connectivity index (χ3n) is 3.95. The molecule has 3 rings (SSSR count). The van der Waals surface area contributed by atoms with Gasteiger partial charge in [-0.05, 0) is 39.0 Å². The molecule has 0 unspecified atom stereocenters. The third-order valence-corrected chi connectivity index (χ3v) is 4.26. The Balaban J connectivity index is 1.59. The van der Waals surface area contributed by atoms with Crippen LogP contribution in [0.4, 0.5) is 4.79 Å². The summed E-state index contributed by atoms with van der Waals surface area (Å²) in [6.07, 6.45) is 2.75. The van der Waals surface area contributed by atoms with Gasteiger partial charge in [0.2, 0.25) is 0 Å². The van der Waals surface area contributed by atoms with Gasteiger partial charge in [-0.15, -0.1) is 0 Å². The van der Waals surface area contributed by atoms with Gasteiger partial charge in [0.25, 0.3) is 0 Å². The number of hydrogen-bond donors (Lipinski definition) is 0. The van der Waals surface area contributed by atoms with Crippen molar-refractivity contribution in [1.29, 1.82) is 0 Å². The van der Waals surface area contributed by atoms with E-state index in [-0.39, 0.29) is 12.2 Å². The van der Waals surface area contributed by atoms with Crippen molar-refractivity contribution in [3.63, 3.8) is 0 Å². The predicted octanol–water partition coefficient (Wildman–Crippen LogP) is 4.06. The third kappa shape index (κ3) is 4.51. The molecule has 1 aromatic heterocycles. The second kappa shape index (κ2) is 7.04. The number of fused-ring (bicyclic) bond motifs is 1. The zero-order valence-electron chi connectivity index (χ0n) is 14.7. The molecule has 25 heavy (non-hydrogen) atoms. The van der Waals surface area contributed by atoms with Crippen LogP contribution in [-0.4, -0.2) is 45.8 Å². The lowest BCUT2D eigenvalue weighted by atomic mass is 10.1. The van der Waals surface area contributed by atoms with E-state index < -0.39 is 5.60 Å². The van der Waals surface area contributed by atoms with Crippen molar-refractivity contribution in [2.75, 3.05) is 13.1 Å². The molecule has 7 heteroatoms. The summed E-state index contributed by atoms with van der Waals surface area (Å²) in [6, 6.07) is 5.61. The van der Waals surface area contributed by atoms with Crippen LogP contribution < -0.4 is 4.74 Å². The van der Waals surface area contributed by atoms with E-state index in [4.69, 9.17) is 21.1 Å². The molecule has 0 radical (unpaired) electrons. The van der Waals surface area contributed by atoms with E-state index in [1.54, 1.807) is 4.90 Å². The molecule has 0 saturated carbocycles. The van der Waals surface area contributed by atoms with Gasteiger partial charge in [0.15, 0.2) is 0 Å². The Kier molecular flexibility index (Phi) is 4.99. The number of benzene rings is 1. The standard InChI is InChI=1S/C18H22ClN3O3/c1-18(2,3)25-17(23)22-8-6-12(7-9-22)24-13-4-5-15-14(10-13)16(19)21-11-20-15/h4-5,10-12H,6-9H2,1-3H3. The van der Waals surface area contributed by atoms with E-state index in [0.29, 0.717) is 18.2 Å². The highest BCUT2D eigenvalue weighted by Crippen LogP contribution is 2.26. The summed E-state index contributed by atoms with van der Waals surface area (Å²) in [5.41, 5.74) is 0.309. The van der Waals surface area contributed by atoms with Crippen LogP contribution in [0.5, 0.6) is 5.75 Å². The van der Waals surface area contributed by atoms with Crippen molar-refractivity contribution in [2.45, 2.75) is 45.3 Å². The van der Waals surface area contributed by atoms with Crippen molar-refractivity contribution < 1.29 is 14.3 Å². The van der Waals surface area contributed by atoms with Gasteiger partial charge in [-0.3, -0.25) is 0 Å². The Labute approximate surface area is 152 Å². The first-order valence-electron chi connectivity index (χ1n) is 8.37. The van der Waals surface area contributed by atoms with Crippen LogP contribution in [0.2, 0.25) is 5.15 Å². The molecule has 1 saturated heterocycles. The Morgan fingerprint density at radius 2 is 1.96 bits per heavy atom. The van der Waals surface area contributed by atoms with Crippen molar-refractivity contribution in [3.05, 3.63) is 29.7 Å². The SMILES string of the molecule is CC(C)(C)OC(=O)N1CCC(Oc2ccc3ncnc(Cl)c3c2)CC1. The number of rotatable bonds is 2. The van der Waals surface area contributed by atoms with Crippen LogP contribution in [0, 0.1) is 0 Å². The molecule has 2 heterocycles. The molecule has 1 amide bonds. The summed E-state index contributed by atoms with van der Waals surface area (Å²) in [5, 5.41) is 1.18. The maximum absolute atomic E-state index is 12.1. The van der Waals surface area contributed by atoms with Crippen LogP contribution in [-0.2, 0) is 4.74 Å². The fraction of sp³-hybridized carbons (Fsp3) is 0.500. The highest BCUT2D eigenvalue weighted by molar-refractivity contribution is 6.34. The Hall–Kier alpha value is -2.08. The molecule has 0 aliphatic carbocycles. The minimum atomic E-state index is -0.475. The summed E-state index contributed by atoms with van der Waals surface area (Å²) >= 11 is 6.11. The predicted molar refractivity (Wildman–Crippen MR) is 96.0 cm³/mol. The Morgan fingerprint density at radius 3 is 2.64 bits per heavy atom. The quantitative estimate of drug-likeness (QED) is 0.753. The first-order valence-corrected chi connectivity index (χ1v) is 8.74. The molecular weight excluding hydrogens is 342 g/mol. The summed E-state index contributed by atoms with van der Waals surface area (Å²) in [4.78, 5) is 22.0. The monoisotopic (exact) mass is 363 g/mol. The second-order valence-electron chi connectivity index (χ2n) is 7.13. The van der Waals surface area contributed by atoms with Crippen LogP contribution in [0.1, 0.15) is 33.6 Å². The Bertz CT molecular complexity index is 768. The number of aromatic nitrogens is 2. The summed E-state index contributed by atoms with van der Waals surface area (Å²) < 4.78 is 11.5. The number of amides is 1. The van der Waals surface area contributed by atoms with Gasteiger partial charge in [0, 0.05) is 31.3 Å². The molecule has 0 spiro atoms. The smallest absolute Gasteiger partial charge is 0.410 e. The normalized spacial score (nSPS) is 16.1. The average molecular weight is 364 g/mol. The van der Waals surface area contributed by atoms with Crippen LogP contribution >= 0.6 is 11.6 Å². The van der Waals surface area contributed by atoms with Crippen LogP contribution in [0.3, 0.4) is 0 Å². The molecular formula is C18H22ClN3O3. The van der Waals surface area contributed by atoms with Gasteiger partial charge >= 0.3 is 6.09 Å². The first kappa shape index (κ1) is 17.7. The number of carbonyl (C=O) groups excluding carboxylic acids is 1. The minimum Gasteiger partial charge on any atom is -0.490 e. The number of likely N-dealkylation sites (tertiary alicyclic amines) is 1. The maximum atomic E-state index is 12.1. The van der Waals surface area contributed by atoms with Gasteiger partial charge in [-0.25, -0.2) is 14.8 Å². The zero-order chi connectivity index (χ0) is 18.0. The molecule has 0 atom stereocenters. The molecule has 1 aliphatic heterocycles. The molecule has 1 aromatic carbocycles. The van der Waals surface area contributed by atoms with Crippen molar-refractivity contribution in [2.24, 2.45) is 0 Å². The van der Waals surface area contributed by atoms with Crippen molar-refractivity contribution in [1.82, 2.24) is 14.9 Å². The van der Waals surface area contributed by atoms with Gasteiger partial charge in [-0.2, -0.15) is 0 Å². The van der Waals surface area contributed by atoms with E-state index in [2.05, 4.69) is 9.97 Å². The molecule has 2 aromatic rings. The van der Waals surface area contributed by atoms with Crippen molar-refractivity contribution >= 4 is 28.6 Å². The number of piperidine rings is 1. The number of hydrogen-bond acceptors (Lipinski definition) is 5. The number of ether oxygens (including phenoxy) is 2. The van der Waals surface area contributed by atoms with Crippen LogP contribution in [0.25, 0.3) is 10.9 Å². The Morgan fingerprint density at radius 1 is 1.24 bits per heavy atom. The van der Waals surface area contributed by atoms with E-state index in [9.17, 15) is 4.79 Å². The lowest BCUT2D eigenvalue weighted by molar-refractivity contribution is 0.0127. The number of halogens is 1. The van der Waals surface area contributed by atoms with Gasteiger partial charge in [0.1, 0.15) is 28.9 Å². The summed E-state index contributed by atoms with van der Waals surface area (Å²) in [6.45, 7) is 6.86. The summed E-state index contributed by atoms with van der Waals surface area (Å²) in [5.74, 6) is 0.736. The lowest BCUT2D eigenvalue weighted by Crippen LogP contribution is -2.44. The van der Waals surface area contributed by atoms with Gasteiger partial charge in [-0.1, -0.05) is 11.6 Å². The molecule has 0 N–H and O–H groups in total. The lowest BCUT2D eigenvalue weighted by Gasteiger charge is -2.33. The average Bonchev–Trinajstić information content (AvgIpc) is 2.55. The van der Waals surface area contributed by atoms with E-state index >= 15 is 0 Å². The first-order chi connectivity index (χ1) is 11.8. The fourth-order valence-corrected chi connectivity index (χ4v) is 2.95. The fourth-order valence-electron chi connectivity index (χ4n) is 2.75. The van der Waals surface area contributed by atoms with Gasteiger partial charge < -0.3 is 14.4 Å². The molecule has 1 aliphatic rings. The maximum Gasteiger partial charge on any atom is 0.410 e. The molecule has 6 nitrogen and oxygen atoms in total. The van der Waals surface area contributed by atoms with E-state index in [1.165, 1.54) is 6.33 Å². The molecule has 0 bridgehead atoms. The van der Waals surface area contributed by atoms with E-state index in [1.807, 2.05) is 39.0 Å².